The number of hydrogen-bond donors (Lipinski definition) is 1. The molecule has 0 radical (unpaired) electrons. The number of carbonyl (C=O) groups is 2. The van der Waals surface area contributed by atoms with Crippen molar-refractivity contribution in [3.05, 3.63) is 0 Å². The van der Waals surface area contributed by atoms with Gasteiger partial charge in [0.05, 0.1) is 44.7 Å². The number of likely N-dealkylation sites (N-methyl/N-ethyl adjacent to an activating group) is 1. The van der Waals surface area contributed by atoms with Crippen LogP contribution in [0, 0.1) is 56.7 Å². The van der Waals surface area contributed by atoms with Gasteiger partial charge < -0.3 is 33.9 Å². The maximum Gasteiger partial charge on any atom is 0.409 e. The molecule has 7 fully saturated rings. The highest BCUT2D eigenvalue weighted by molar-refractivity contribution is 5.78. The first-order valence-electron chi connectivity index (χ1n) is 18.8. The average molecular weight is 659 g/mol. The predicted octanol–water partition coefficient (Wildman–Crippen LogP) is 5.72. The molecule has 266 valence electrons. The molecule has 47 heavy (non-hydrogen) atoms. The number of methoxy groups -OCH3 is 1. The van der Waals surface area contributed by atoms with Crippen LogP contribution in [0.25, 0.3) is 0 Å². The van der Waals surface area contributed by atoms with E-state index in [0.29, 0.717) is 55.3 Å². The zero-order valence-electron chi connectivity index (χ0n) is 30.5. The standard InChI is InChI=1S/C38H62N2O7/c1-22(2)32(42)40-16-17-45-28(20-40)47-27-12-13-37-21-38(37)15-14-35(6)29-23(3)18-24(19-39(8)33(43)44-9)46-30(29)31(41)36(35,7)26(38)11-10-25(37)34(27,4)5/h22-31,41H,10-21H2,1-9H3/t23-,24-,25+,26+,27+,28+,29+,30+,31+,35-,36-,37-,38+/m1/s1. The van der Waals surface area contributed by atoms with Crippen molar-refractivity contribution in [2.45, 2.75) is 131 Å². The van der Waals surface area contributed by atoms with Crippen molar-refractivity contribution >= 4 is 12.0 Å². The first-order valence-corrected chi connectivity index (χ1v) is 18.8. The summed E-state index contributed by atoms with van der Waals surface area (Å²) in [5.41, 5.74) is 0.377. The normalized spacial score (nSPS) is 49.6. The number of hydrogen-bond acceptors (Lipinski definition) is 7. The maximum atomic E-state index is 12.7. The third kappa shape index (κ3) is 4.60. The van der Waals surface area contributed by atoms with E-state index in [4.69, 9.17) is 18.9 Å². The Kier molecular flexibility index (Phi) is 8.18. The molecule has 0 aromatic rings. The van der Waals surface area contributed by atoms with Gasteiger partial charge in [0.15, 0.2) is 6.29 Å². The van der Waals surface area contributed by atoms with Crippen LogP contribution < -0.4 is 0 Å². The van der Waals surface area contributed by atoms with Crippen LogP contribution in [0.15, 0.2) is 0 Å². The molecule has 5 saturated carbocycles. The Hall–Kier alpha value is -1.42. The lowest BCUT2D eigenvalue weighted by Gasteiger charge is -2.64. The Morgan fingerprint density at radius 2 is 1.74 bits per heavy atom. The molecule has 0 aromatic heterocycles. The van der Waals surface area contributed by atoms with Gasteiger partial charge in [-0.3, -0.25) is 4.79 Å². The van der Waals surface area contributed by atoms with E-state index in [9.17, 15) is 14.7 Å². The highest BCUT2D eigenvalue weighted by atomic mass is 16.7. The number of ether oxygens (including phenoxy) is 4. The van der Waals surface area contributed by atoms with E-state index in [1.165, 1.54) is 32.8 Å². The van der Waals surface area contributed by atoms with Gasteiger partial charge in [0.2, 0.25) is 5.91 Å². The van der Waals surface area contributed by atoms with E-state index in [1.54, 1.807) is 11.9 Å². The van der Waals surface area contributed by atoms with Crippen molar-refractivity contribution in [3.8, 4) is 0 Å². The number of aliphatic hydroxyl groups excluding tert-OH is 1. The molecular weight excluding hydrogens is 596 g/mol. The van der Waals surface area contributed by atoms with Crippen molar-refractivity contribution < 1.29 is 33.6 Å². The molecule has 2 saturated heterocycles. The topological polar surface area (TPSA) is 97.8 Å². The van der Waals surface area contributed by atoms with Crippen molar-refractivity contribution in [1.29, 1.82) is 0 Å². The Bertz CT molecular complexity index is 1260. The molecule has 0 bridgehead atoms. The van der Waals surface area contributed by atoms with E-state index in [-0.39, 0.29) is 64.2 Å². The van der Waals surface area contributed by atoms with Crippen LogP contribution in [0.2, 0.25) is 0 Å². The van der Waals surface area contributed by atoms with E-state index in [1.807, 2.05) is 18.7 Å². The third-order valence-corrected chi connectivity index (χ3v) is 15.9. The number of amides is 2. The molecule has 5 aliphatic carbocycles. The molecule has 2 spiro atoms. The van der Waals surface area contributed by atoms with Crippen LogP contribution in [0.4, 0.5) is 4.79 Å². The lowest BCUT2D eigenvalue weighted by molar-refractivity contribution is -0.248. The zero-order chi connectivity index (χ0) is 33.9. The number of nitrogens with zero attached hydrogens (tertiary/aromatic N) is 2. The molecule has 2 aliphatic heterocycles. The number of aliphatic hydroxyl groups is 1. The number of carbonyl (C=O) groups excluding carboxylic acids is 2. The van der Waals surface area contributed by atoms with Gasteiger partial charge in [-0.2, -0.15) is 0 Å². The van der Waals surface area contributed by atoms with Gasteiger partial charge in [-0.05, 0) is 96.7 Å². The Morgan fingerprint density at radius 1 is 1.04 bits per heavy atom. The fraction of sp³-hybridized carbons (Fsp3) is 0.947. The highest BCUT2D eigenvalue weighted by Crippen LogP contribution is 2.89. The van der Waals surface area contributed by atoms with Crippen molar-refractivity contribution in [1.82, 2.24) is 9.80 Å². The summed E-state index contributed by atoms with van der Waals surface area (Å²) in [6.07, 6.45) is 7.63. The van der Waals surface area contributed by atoms with Crippen LogP contribution in [-0.4, -0.2) is 98.0 Å². The van der Waals surface area contributed by atoms with Crippen LogP contribution in [-0.2, 0) is 23.7 Å². The molecule has 7 aliphatic rings. The van der Waals surface area contributed by atoms with Gasteiger partial charge in [0.1, 0.15) is 0 Å². The second-order valence-electron chi connectivity index (χ2n) is 18.4. The van der Waals surface area contributed by atoms with Crippen LogP contribution in [0.3, 0.4) is 0 Å². The van der Waals surface area contributed by atoms with Gasteiger partial charge in [0.25, 0.3) is 0 Å². The molecule has 9 nitrogen and oxygen atoms in total. The Labute approximate surface area is 282 Å². The highest BCUT2D eigenvalue weighted by Gasteiger charge is 2.84. The predicted molar refractivity (Wildman–Crippen MR) is 177 cm³/mol. The van der Waals surface area contributed by atoms with Gasteiger partial charge in [0, 0.05) is 31.5 Å². The summed E-state index contributed by atoms with van der Waals surface area (Å²) >= 11 is 0. The van der Waals surface area contributed by atoms with E-state index in [0.717, 1.165) is 25.7 Å². The molecule has 9 heteroatoms. The quantitative estimate of drug-likeness (QED) is 0.404. The summed E-state index contributed by atoms with van der Waals surface area (Å²) in [4.78, 5) is 28.4. The van der Waals surface area contributed by atoms with Gasteiger partial charge in [-0.1, -0.05) is 48.5 Å². The molecule has 2 amide bonds. The molecule has 7 rings (SSSR count). The fourth-order valence-electron chi connectivity index (χ4n) is 13.7. The fourth-order valence-corrected chi connectivity index (χ4v) is 13.7. The smallest absolute Gasteiger partial charge is 0.409 e. The third-order valence-electron chi connectivity index (χ3n) is 15.9. The Balaban J connectivity index is 1.09. The SMILES string of the molecule is COC(=O)N(C)C[C@H]1C[C@@H](C)[C@H]2[C@H](O1)[C@H](O)[C@@]1(C)[C@@H]3CC[C@H]4C(C)(C)[C@@H](O[C@H]5CN(C(=O)C(C)C)CCO5)CC[C@@]45C[C@@]35CC[C@]21C. The van der Waals surface area contributed by atoms with E-state index in [2.05, 4.69) is 34.6 Å². The van der Waals surface area contributed by atoms with E-state index < -0.39 is 6.10 Å². The molecular formula is C38H62N2O7. The number of rotatable bonds is 5. The summed E-state index contributed by atoms with van der Waals surface area (Å²) in [5, 5.41) is 12.5. The summed E-state index contributed by atoms with van der Waals surface area (Å²) < 4.78 is 24.7. The summed E-state index contributed by atoms with van der Waals surface area (Å²) in [7, 11) is 3.18. The van der Waals surface area contributed by atoms with Crippen LogP contribution in [0.5, 0.6) is 0 Å². The molecule has 1 N–H and O–H groups in total. The minimum absolute atomic E-state index is 0.000853. The monoisotopic (exact) mass is 658 g/mol. The minimum atomic E-state index is -0.518. The van der Waals surface area contributed by atoms with Crippen molar-refractivity contribution in [2.75, 3.05) is 40.4 Å². The first-order chi connectivity index (χ1) is 22.1. The average Bonchev–Trinajstić information content (AvgIpc) is 3.66. The van der Waals surface area contributed by atoms with E-state index >= 15 is 0 Å². The molecule has 0 unspecified atom stereocenters. The van der Waals surface area contributed by atoms with Crippen LogP contribution in [0.1, 0.15) is 99.8 Å². The van der Waals surface area contributed by atoms with Gasteiger partial charge >= 0.3 is 6.09 Å². The summed E-state index contributed by atoms with van der Waals surface area (Å²) in [6, 6.07) is 0. The maximum absolute atomic E-state index is 12.7. The molecule has 2 heterocycles. The number of morpholine rings is 1. The van der Waals surface area contributed by atoms with Crippen molar-refractivity contribution in [2.24, 2.45) is 56.7 Å². The van der Waals surface area contributed by atoms with Crippen LogP contribution >= 0.6 is 0 Å². The second kappa shape index (κ2) is 11.3. The van der Waals surface area contributed by atoms with Gasteiger partial charge in [-0.15, -0.1) is 0 Å². The summed E-state index contributed by atoms with van der Waals surface area (Å²) in [5.74, 6) is 1.92. The minimum Gasteiger partial charge on any atom is -0.453 e. The Morgan fingerprint density at radius 3 is 2.45 bits per heavy atom. The zero-order valence-corrected chi connectivity index (χ0v) is 30.5. The van der Waals surface area contributed by atoms with Crippen molar-refractivity contribution in [3.63, 3.8) is 0 Å². The number of fused-ring (bicyclic) bond motifs is 4. The first kappa shape index (κ1) is 34.0. The molecule has 13 atom stereocenters. The summed E-state index contributed by atoms with van der Waals surface area (Å²) in [6.45, 7) is 18.2. The largest absolute Gasteiger partial charge is 0.453 e. The van der Waals surface area contributed by atoms with Gasteiger partial charge in [-0.25, -0.2) is 4.79 Å². The second-order valence-corrected chi connectivity index (χ2v) is 18.4. The lowest BCUT2D eigenvalue weighted by Crippen LogP contribution is -2.60. The molecule has 0 aromatic carbocycles. The lowest BCUT2D eigenvalue weighted by atomic mass is 9.41.